The van der Waals surface area contributed by atoms with E-state index in [-0.39, 0.29) is 0 Å². The van der Waals surface area contributed by atoms with Gasteiger partial charge in [0.15, 0.2) is 5.82 Å². The van der Waals surface area contributed by atoms with Crippen molar-refractivity contribution in [1.29, 1.82) is 0 Å². The molecule has 1 saturated heterocycles. The minimum absolute atomic E-state index is 0.719. The van der Waals surface area contributed by atoms with E-state index >= 15 is 0 Å². The number of hydrogen-bond acceptors (Lipinski definition) is 7. The smallest absolute Gasteiger partial charge is 0.247 e. The molecule has 0 aliphatic carbocycles. The first-order valence-electron chi connectivity index (χ1n) is 8.59. The van der Waals surface area contributed by atoms with E-state index in [9.17, 15) is 0 Å². The molecule has 0 spiro atoms. The predicted molar refractivity (Wildman–Crippen MR) is 96.7 cm³/mol. The highest BCUT2D eigenvalue weighted by molar-refractivity contribution is 5.44. The second kappa shape index (κ2) is 7.90. The van der Waals surface area contributed by atoms with E-state index in [2.05, 4.69) is 49.9 Å². The molecule has 2 aromatic heterocycles. The Morgan fingerprint density at radius 3 is 2.62 bits per heavy atom. The maximum atomic E-state index is 4.69. The van der Waals surface area contributed by atoms with Gasteiger partial charge in [-0.3, -0.25) is 0 Å². The Morgan fingerprint density at radius 2 is 1.92 bits per heavy atom. The standard InChI is InChI=1S/C17H25N7/c1-3-4-9-22(2)16-14-19-21-17(20-16)24-12-10-23(11-13-24)15-7-5-6-8-18-15/h5-8,14H,3-4,9-13H2,1-2H3. The Kier molecular flexibility index (Phi) is 5.40. The summed E-state index contributed by atoms with van der Waals surface area (Å²) in [4.78, 5) is 15.7. The Labute approximate surface area is 143 Å². The number of hydrogen-bond donors (Lipinski definition) is 0. The number of rotatable bonds is 6. The van der Waals surface area contributed by atoms with Crippen molar-refractivity contribution in [3.05, 3.63) is 30.6 Å². The van der Waals surface area contributed by atoms with Crippen LogP contribution in [-0.4, -0.2) is 59.9 Å². The molecule has 128 valence electrons. The molecule has 0 N–H and O–H groups in total. The molecule has 0 atom stereocenters. The summed E-state index contributed by atoms with van der Waals surface area (Å²) in [5.74, 6) is 2.64. The molecule has 7 heteroatoms. The third kappa shape index (κ3) is 3.90. The molecule has 3 heterocycles. The van der Waals surface area contributed by atoms with Crippen molar-refractivity contribution >= 4 is 17.6 Å². The van der Waals surface area contributed by atoms with Gasteiger partial charge in [-0.2, -0.15) is 10.1 Å². The fraction of sp³-hybridized carbons (Fsp3) is 0.529. The Balaban J connectivity index is 1.62. The lowest BCUT2D eigenvalue weighted by Crippen LogP contribution is -2.47. The monoisotopic (exact) mass is 327 g/mol. The van der Waals surface area contributed by atoms with Crippen LogP contribution in [0.4, 0.5) is 17.6 Å². The molecule has 1 aliphatic heterocycles. The van der Waals surface area contributed by atoms with Crippen LogP contribution < -0.4 is 14.7 Å². The molecule has 7 nitrogen and oxygen atoms in total. The highest BCUT2D eigenvalue weighted by Gasteiger charge is 2.20. The molecular weight excluding hydrogens is 302 g/mol. The number of piperazine rings is 1. The van der Waals surface area contributed by atoms with Crippen LogP contribution in [0.1, 0.15) is 19.8 Å². The predicted octanol–water partition coefficient (Wildman–Crippen LogP) is 1.83. The molecule has 3 rings (SSSR count). The number of pyridine rings is 1. The van der Waals surface area contributed by atoms with Gasteiger partial charge in [-0.15, -0.1) is 5.10 Å². The van der Waals surface area contributed by atoms with Gasteiger partial charge in [0.05, 0.1) is 6.20 Å². The fourth-order valence-electron chi connectivity index (χ4n) is 2.79. The summed E-state index contributed by atoms with van der Waals surface area (Å²) in [5, 5.41) is 8.37. The lowest BCUT2D eigenvalue weighted by Gasteiger charge is -2.35. The van der Waals surface area contributed by atoms with Gasteiger partial charge in [0.1, 0.15) is 5.82 Å². The van der Waals surface area contributed by atoms with Crippen LogP contribution >= 0.6 is 0 Å². The Morgan fingerprint density at radius 1 is 1.12 bits per heavy atom. The van der Waals surface area contributed by atoms with E-state index in [4.69, 9.17) is 4.98 Å². The summed E-state index contributed by atoms with van der Waals surface area (Å²) in [5.41, 5.74) is 0. The molecule has 24 heavy (non-hydrogen) atoms. The van der Waals surface area contributed by atoms with Gasteiger partial charge in [0.25, 0.3) is 0 Å². The average molecular weight is 327 g/mol. The van der Waals surface area contributed by atoms with Crippen molar-refractivity contribution in [2.75, 3.05) is 54.5 Å². The first-order chi connectivity index (χ1) is 11.8. The lowest BCUT2D eigenvalue weighted by atomic mass is 10.3. The maximum absolute atomic E-state index is 4.69. The second-order valence-corrected chi connectivity index (χ2v) is 6.05. The molecule has 1 aliphatic rings. The van der Waals surface area contributed by atoms with E-state index in [0.29, 0.717) is 0 Å². The normalized spacial score (nSPS) is 14.8. The van der Waals surface area contributed by atoms with Crippen LogP contribution in [0.25, 0.3) is 0 Å². The van der Waals surface area contributed by atoms with Gasteiger partial charge in [-0.1, -0.05) is 19.4 Å². The van der Waals surface area contributed by atoms with Gasteiger partial charge in [0.2, 0.25) is 5.95 Å². The third-order valence-corrected chi connectivity index (χ3v) is 4.31. The summed E-state index contributed by atoms with van der Waals surface area (Å²) in [6.45, 7) is 6.76. The molecule has 0 bridgehead atoms. The largest absolute Gasteiger partial charge is 0.358 e. The van der Waals surface area contributed by atoms with Crippen molar-refractivity contribution in [2.45, 2.75) is 19.8 Å². The zero-order valence-electron chi connectivity index (χ0n) is 14.5. The van der Waals surface area contributed by atoms with Crippen LogP contribution in [0.3, 0.4) is 0 Å². The summed E-state index contributed by atoms with van der Waals surface area (Å²) in [6.07, 6.45) is 5.90. The number of nitrogens with zero attached hydrogens (tertiary/aromatic N) is 7. The van der Waals surface area contributed by atoms with Crippen LogP contribution in [0, 0.1) is 0 Å². The first-order valence-corrected chi connectivity index (χ1v) is 8.59. The van der Waals surface area contributed by atoms with Crippen LogP contribution in [-0.2, 0) is 0 Å². The van der Waals surface area contributed by atoms with Crippen LogP contribution in [0.2, 0.25) is 0 Å². The van der Waals surface area contributed by atoms with E-state index in [0.717, 1.165) is 56.7 Å². The van der Waals surface area contributed by atoms with E-state index < -0.39 is 0 Å². The summed E-state index contributed by atoms with van der Waals surface area (Å²) in [6, 6.07) is 6.02. The van der Waals surface area contributed by atoms with Crippen molar-refractivity contribution < 1.29 is 0 Å². The SMILES string of the molecule is CCCCN(C)c1cnnc(N2CCN(c3ccccn3)CC2)n1. The van der Waals surface area contributed by atoms with E-state index in [1.165, 1.54) is 6.42 Å². The summed E-state index contributed by atoms with van der Waals surface area (Å²) >= 11 is 0. The van der Waals surface area contributed by atoms with E-state index in [1.807, 2.05) is 18.3 Å². The molecular formula is C17H25N7. The van der Waals surface area contributed by atoms with Crippen molar-refractivity contribution in [3.63, 3.8) is 0 Å². The first kappa shape index (κ1) is 16.4. The number of aromatic nitrogens is 4. The van der Waals surface area contributed by atoms with Gasteiger partial charge < -0.3 is 14.7 Å². The average Bonchev–Trinajstić information content (AvgIpc) is 2.67. The third-order valence-electron chi connectivity index (χ3n) is 4.31. The van der Waals surface area contributed by atoms with Gasteiger partial charge in [0, 0.05) is 46.0 Å². The van der Waals surface area contributed by atoms with Gasteiger partial charge >= 0.3 is 0 Å². The van der Waals surface area contributed by atoms with Crippen LogP contribution in [0.15, 0.2) is 30.6 Å². The van der Waals surface area contributed by atoms with Crippen molar-refractivity contribution in [3.8, 4) is 0 Å². The zero-order chi connectivity index (χ0) is 16.8. The molecule has 0 unspecified atom stereocenters. The lowest BCUT2D eigenvalue weighted by molar-refractivity contribution is 0.628. The minimum Gasteiger partial charge on any atom is -0.358 e. The summed E-state index contributed by atoms with van der Waals surface area (Å²) < 4.78 is 0. The molecule has 1 fully saturated rings. The number of anilines is 3. The fourth-order valence-corrected chi connectivity index (χ4v) is 2.79. The molecule has 0 amide bonds. The molecule has 0 saturated carbocycles. The highest BCUT2D eigenvalue weighted by Crippen LogP contribution is 2.17. The van der Waals surface area contributed by atoms with Crippen molar-refractivity contribution in [2.24, 2.45) is 0 Å². The number of unbranched alkanes of at least 4 members (excludes halogenated alkanes) is 1. The quantitative estimate of drug-likeness (QED) is 0.802. The minimum atomic E-state index is 0.719. The van der Waals surface area contributed by atoms with Crippen LogP contribution in [0.5, 0.6) is 0 Å². The molecule has 0 aromatic carbocycles. The van der Waals surface area contributed by atoms with Gasteiger partial charge in [-0.25, -0.2) is 4.98 Å². The summed E-state index contributed by atoms with van der Waals surface area (Å²) in [7, 11) is 2.06. The van der Waals surface area contributed by atoms with Gasteiger partial charge in [-0.05, 0) is 18.6 Å². The molecule has 2 aromatic rings. The Hall–Kier alpha value is -2.44. The topological polar surface area (TPSA) is 61.3 Å². The maximum Gasteiger partial charge on any atom is 0.247 e. The highest BCUT2D eigenvalue weighted by atomic mass is 15.4. The van der Waals surface area contributed by atoms with E-state index in [1.54, 1.807) is 6.20 Å². The zero-order valence-corrected chi connectivity index (χ0v) is 14.5. The van der Waals surface area contributed by atoms with Crippen molar-refractivity contribution in [1.82, 2.24) is 20.2 Å². The molecule has 0 radical (unpaired) electrons. The Bertz CT molecular complexity index is 626. The second-order valence-electron chi connectivity index (χ2n) is 6.05.